The van der Waals surface area contributed by atoms with Gasteiger partial charge in [-0.25, -0.2) is 0 Å². The second kappa shape index (κ2) is 4.33. The van der Waals surface area contributed by atoms with Crippen LogP contribution in [0.5, 0.6) is 11.5 Å². The molecule has 0 unspecified atom stereocenters. The van der Waals surface area contributed by atoms with Gasteiger partial charge in [0.2, 0.25) is 0 Å². The first-order valence-electron chi connectivity index (χ1n) is 4.09. The van der Waals surface area contributed by atoms with E-state index < -0.39 is 0 Å². The fraction of sp³-hybridized carbons (Fsp3) is 0.300. The predicted octanol–water partition coefficient (Wildman–Crippen LogP) is 2.19. The topological polar surface area (TPSA) is 46.5 Å². The van der Waals surface area contributed by atoms with Gasteiger partial charge in [0.15, 0.2) is 0 Å². The Labute approximate surface area is 87.3 Å². The lowest BCUT2D eigenvalue weighted by molar-refractivity contribution is -0.116. The normalized spacial score (nSPS) is 9.93. The van der Waals surface area contributed by atoms with Gasteiger partial charge in [0.25, 0.3) is 0 Å². The van der Waals surface area contributed by atoms with E-state index in [4.69, 9.17) is 16.3 Å². The third-order valence-corrected chi connectivity index (χ3v) is 2.09. The van der Waals surface area contributed by atoms with Gasteiger partial charge in [-0.3, -0.25) is 4.79 Å². The van der Waals surface area contributed by atoms with Crippen LogP contribution in [0, 0.1) is 0 Å². The van der Waals surface area contributed by atoms with Gasteiger partial charge in [-0.15, -0.1) is 0 Å². The maximum atomic E-state index is 10.9. The van der Waals surface area contributed by atoms with Crippen LogP contribution in [0.1, 0.15) is 12.5 Å². The van der Waals surface area contributed by atoms with E-state index >= 15 is 0 Å². The van der Waals surface area contributed by atoms with Crippen molar-refractivity contribution in [3.63, 3.8) is 0 Å². The molecule has 0 fully saturated rings. The van der Waals surface area contributed by atoms with Crippen molar-refractivity contribution in [2.45, 2.75) is 13.3 Å². The number of Topliss-reactive ketones (excluding diaryl/α,β-unsaturated/α-hetero) is 1. The summed E-state index contributed by atoms with van der Waals surface area (Å²) in [6, 6.07) is 2.94. The van der Waals surface area contributed by atoms with Gasteiger partial charge in [-0.2, -0.15) is 0 Å². The lowest BCUT2D eigenvalue weighted by atomic mass is 10.1. The highest BCUT2D eigenvalue weighted by Crippen LogP contribution is 2.31. The lowest BCUT2D eigenvalue weighted by Gasteiger charge is -2.07. The summed E-state index contributed by atoms with van der Waals surface area (Å²) in [6.07, 6.45) is 0.180. The van der Waals surface area contributed by atoms with Crippen LogP contribution < -0.4 is 4.74 Å². The highest BCUT2D eigenvalue weighted by molar-refractivity contribution is 6.32. The van der Waals surface area contributed by atoms with E-state index in [1.54, 1.807) is 6.07 Å². The van der Waals surface area contributed by atoms with E-state index in [0.717, 1.165) is 0 Å². The van der Waals surface area contributed by atoms with Crippen LogP contribution in [0.15, 0.2) is 12.1 Å². The summed E-state index contributed by atoms with van der Waals surface area (Å²) in [5.41, 5.74) is 0.527. The van der Waals surface area contributed by atoms with Gasteiger partial charge >= 0.3 is 0 Å². The van der Waals surface area contributed by atoms with Crippen molar-refractivity contribution in [3.8, 4) is 11.5 Å². The number of halogens is 1. The highest BCUT2D eigenvalue weighted by atomic mass is 35.5. The summed E-state index contributed by atoms with van der Waals surface area (Å²) in [7, 11) is 1.48. The van der Waals surface area contributed by atoms with Crippen LogP contribution in [0.3, 0.4) is 0 Å². The summed E-state index contributed by atoms with van der Waals surface area (Å²) in [6.45, 7) is 1.46. The Morgan fingerprint density at radius 3 is 2.71 bits per heavy atom. The van der Waals surface area contributed by atoms with Gasteiger partial charge in [0, 0.05) is 18.1 Å². The number of aromatic hydroxyl groups is 1. The maximum Gasteiger partial charge on any atom is 0.138 e. The van der Waals surface area contributed by atoms with Crippen molar-refractivity contribution < 1.29 is 14.6 Å². The average molecular weight is 215 g/mol. The molecule has 0 aliphatic heterocycles. The Morgan fingerprint density at radius 1 is 1.57 bits per heavy atom. The molecular weight excluding hydrogens is 204 g/mol. The fourth-order valence-corrected chi connectivity index (χ4v) is 1.39. The molecule has 1 aromatic rings. The zero-order valence-corrected chi connectivity index (χ0v) is 8.76. The molecule has 0 aromatic heterocycles. The molecular formula is C10H11ClO3. The smallest absolute Gasteiger partial charge is 0.138 e. The van der Waals surface area contributed by atoms with Crippen LogP contribution in [-0.4, -0.2) is 18.0 Å². The molecule has 1 aromatic carbocycles. The largest absolute Gasteiger partial charge is 0.508 e. The molecule has 0 saturated carbocycles. The number of rotatable bonds is 3. The number of phenolic OH excluding ortho intramolecular Hbond substituents is 1. The minimum atomic E-state index is -0.0234. The van der Waals surface area contributed by atoms with Crippen molar-refractivity contribution in [2.24, 2.45) is 0 Å². The van der Waals surface area contributed by atoms with Gasteiger partial charge in [-0.05, 0) is 13.0 Å². The first-order valence-corrected chi connectivity index (χ1v) is 4.47. The van der Waals surface area contributed by atoms with E-state index in [1.807, 2.05) is 0 Å². The molecule has 0 radical (unpaired) electrons. The minimum Gasteiger partial charge on any atom is -0.508 e. The van der Waals surface area contributed by atoms with E-state index in [2.05, 4.69) is 0 Å². The molecule has 0 aliphatic rings. The van der Waals surface area contributed by atoms with Crippen LogP contribution in [0.4, 0.5) is 0 Å². The molecule has 76 valence electrons. The number of carbonyl (C=O) groups excluding carboxylic acids is 1. The Morgan fingerprint density at radius 2 is 2.21 bits per heavy atom. The molecule has 0 aliphatic carbocycles. The molecule has 0 atom stereocenters. The predicted molar refractivity (Wildman–Crippen MR) is 54.1 cm³/mol. The molecule has 0 heterocycles. The number of carbonyl (C=O) groups is 1. The van der Waals surface area contributed by atoms with Crippen LogP contribution >= 0.6 is 11.6 Å². The highest BCUT2D eigenvalue weighted by Gasteiger charge is 2.09. The van der Waals surface area contributed by atoms with Crippen molar-refractivity contribution in [2.75, 3.05) is 7.11 Å². The SMILES string of the molecule is COc1cc(CC(C)=O)c(O)cc1Cl. The summed E-state index contributed by atoms with van der Waals surface area (Å²) < 4.78 is 4.97. The second-order valence-corrected chi connectivity index (χ2v) is 3.40. The van der Waals surface area contributed by atoms with Crippen molar-refractivity contribution in [1.29, 1.82) is 0 Å². The van der Waals surface area contributed by atoms with Crippen molar-refractivity contribution >= 4 is 17.4 Å². The van der Waals surface area contributed by atoms with E-state index in [-0.39, 0.29) is 18.0 Å². The first-order chi connectivity index (χ1) is 6.54. The quantitative estimate of drug-likeness (QED) is 0.839. The van der Waals surface area contributed by atoms with Gasteiger partial charge in [0.1, 0.15) is 17.3 Å². The number of methoxy groups -OCH3 is 1. The third-order valence-electron chi connectivity index (χ3n) is 1.79. The standard InChI is InChI=1S/C10H11ClO3/c1-6(12)3-7-4-10(14-2)8(11)5-9(7)13/h4-5,13H,3H2,1-2H3. The van der Waals surface area contributed by atoms with E-state index in [0.29, 0.717) is 16.3 Å². The van der Waals surface area contributed by atoms with Crippen LogP contribution in [-0.2, 0) is 11.2 Å². The Hall–Kier alpha value is -1.22. The second-order valence-electron chi connectivity index (χ2n) is 2.99. The summed E-state index contributed by atoms with van der Waals surface area (Å²) in [5.74, 6) is 0.455. The third kappa shape index (κ3) is 2.39. The number of ether oxygens (including phenoxy) is 1. The molecule has 1 N–H and O–H groups in total. The zero-order chi connectivity index (χ0) is 10.7. The number of phenols is 1. The number of hydrogen-bond acceptors (Lipinski definition) is 3. The molecule has 0 spiro atoms. The number of ketones is 1. The van der Waals surface area contributed by atoms with Crippen LogP contribution in [0.25, 0.3) is 0 Å². The molecule has 0 amide bonds. The first kappa shape index (κ1) is 10.9. The molecule has 0 saturated heterocycles. The summed E-state index contributed by atoms with van der Waals surface area (Å²) >= 11 is 5.77. The molecule has 0 bridgehead atoms. The van der Waals surface area contributed by atoms with Crippen molar-refractivity contribution in [1.82, 2.24) is 0 Å². The number of benzene rings is 1. The lowest BCUT2D eigenvalue weighted by Crippen LogP contribution is -1.97. The van der Waals surface area contributed by atoms with Gasteiger partial charge < -0.3 is 9.84 Å². The van der Waals surface area contributed by atoms with E-state index in [1.165, 1.54) is 20.1 Å². The van der Waals surface area contributed by atoms with Crippen molar-refractivity contribution in [3.05, 3.63) is 22.7 Å². The average Bonchev–Trinajstić information content (AvgIpc) is 2.09. The maximum absolute atomic E-state index is 10.9. The van der Waals surface area contributed by atoms with Gasteiger partial charge in [-0.1, -0.05) is 11.6 Å². The molecule has 3 nitrogen and oxygen atoms in total. The minimum absolute atomic E-state index is 0.0194. The fourth-order valence-electron chi connectivity index (χ4n) is 1.15. The Kier molecular flexibility index (Phi) is 3.36. The Bertz CT molecular complexity index is 361. The van der Waals surface area contributed by atoms with E-state index in [9.17, 15) is 9.90 Å². The summed E-state index contributed by atoms with van der Waals surface area (Å²) in [5, 5.41) is 9.80. The molecule has 1 rings (SSSR count). The Balaban J connectivity index is 3.10. The van der Waals surface area contributed by atoms with Crippen LogP contribution in [0.2, 0.25) is 5.02 Å². The molecule has 14 heavy (non-hydrogen) atoms. The summed E-state index contributed by atoms with van der Waals surface area (Å²) in [4.78, 5) is 10.9. The number of hydrogen-bond donors (Lipinski definition) is 1. The van der Waals surface area contributed by atoms with Gasteiger partial charge in [0.05, 0.1) is 12.1 Å². The monoisotopic (exact) mass is 214 g/mol. The molecule has 4 heteroatoms. The zero-order valence-electron chi connectivity index (χ0n) is 8.00.